The van der Waals surface area contributed by atoms with Crippen LogP contribution in [-0.4, -0.2) is 30.6 Å². The van der Waals surface area contributed by atoms with Gasteiger partial charge in [-0.05, 0) is 20.7 Å². The van der Waals surface area contributed by atoms with Gasteiger partial charge in [0.05, 0.1) is 0 Å². The number of rotatable bonds is 1. The quantitative estimate of drug-likeness (QED) is 0.467. The number of hydrogen-bond acceptors (Lipinski definition) is 8. The lowest BCUT2D eigenvalue weighted by atomic mass is 10.4. The second-order valence-corrected chi connectivity index (χ2v) is 1.95. The zero-order valence-corrected chi connectivity index (χ0v) is 5.75. The van der Waals surface area contributed by atoms with Gasteiger partial charge in [0, 0.05) is 0 Å². The van der Waals surface area contributed by atoms with E-state index in [1.54, 1.807) is 0 Å². The molecule has 0 radical (unpaired) electrons. The van der Waals surface area contributed by atoms with Crippen molar-refractivity contribution in [1.82, 2.24) is 30.6 Å². The van der Waals surface area contributed by atoms with Crippen LogP contribution in [-0.2, 0) is 0 Å². The van der Waals surface area contributed by atoms with Crippen LogP contribution in [0.5, 0.6) is 0 Å². The number of hydrogen-bond donors (Lipinski definition) is 2. The van der Waals surface area contributed by atoms with E-state index in [4.69, 9.17) is 11.6 Å². The molecule has 0 amide bonds. The van der Waals surface area contributed by atoms with Gasteiger partial charge in [0.1, 0.15) is 0 Å². The SMILES string of the molecule is Nc1nonc1-c1nnnn1N. The predicted molar refractivity (Wildman–Crippen MR) is 35.7 cm³/mol. The first-order valence-electron chi connectivity index (χ1n) is 2.91. The molecule has 0 spiro atoms. The molecule has 2 aromatic heterocycles. The molecular weight excluding hydrogens is 164 g/mol. The minimum atomic E-state index is 0.0940. The van der Waals surface area contributed by atoms with Gasteiger partial charge in [-0.2, -0.15) is 0 Å². The highest BCUT2D eigenvalue weighted by molar-refractivity contribution is 5.61. The molecule has 12 heavy (non-hydrogen) atoms. The number of anilines is 1. The Kier molecular flexibility index (Phi) is 1.17. The average molecular weight is 168 g/mol. The number of nitrogen functional groups attached to an aromatic ring is 2. The summed E-state index contributed by atoms with van der Waals surface area (Å²) < 4.78 is 4.33. The molecule has 0 fully saturated rings. The Morgan fingerprint density at radius 1 is 1.33 bits per heavy atom. The van der Waals surface area contributed by atoms with Gasteiger partial charge in [0.25, 0.3) is 0 Å². The van der Waals surface area contributed by atoms with Gasteiger partial charge in [-0.15, -0.1) is 9.89 Å². The van der Waals surface area contributed by atoms with Gasteiger partial charge in [-0.3, -0.25) is 0 Å². The Balaban J connectivity index is 2.57. The summed E-state index contributed by atoms with van der Waals surface area (Å²) >= 11 is 0. The molecule has 0 atom stereocenters. The third-order valence-electron chi connectivity index (χ3n) is 1.22. The van der Waals surface area contributed by atoms with E-state index in [1.807, 2.05) is 0 Å². The van der Waals surface area contributed by atoms with E-state index in [0.29, 0.717) is 0 Å². The van der Waals surface area contributed by atoms with Crippen molar-refractivity contribution in [3.05, 3.63) is 0 Å². The Hall–Kier alpha value is -2.19. The molecule has 0 aromatic carbocycles. The van der Waals surface area contributed by atoms with Gasteiger partial charge in [0.2, 0.25) is 5.82 Å². The smallest absolute Gasteiger partial charge is 0.229 e. The molecule has 62 valence electrons. The first-order chi connectivity index (χ1) is 5.79. The minimum absolute atomic E-state index is 0.0940. The lowest BCUT2D eigenvalue weighted by Crippen LogP contribution is -2.12. The van der Waals surface area contributed by atoms with Crippen molar-refractivity contribution >= 4 is 5.82 Å². The van der Waals surface area contributed by atoms with Crippen molar-refractivity contribution in [3.63, 3.8) is 0 Å². The molecule has 2 aromatic rings. The van der Waals surface area contributed by atoms with Crippen molar-refractivity contribution in [3.8, 4) is 11.5 Å². The minimum Gasteiger partial charge on any atom is -0.379 e. The second-order valence-electron chi connectivity index (χ2n) is 1.95. The van der Waals surface area contributed by atoms with E-state index in [-0.39, 0.29) is 17.3 Å². The van der Waals surface area contributed by atoms with E-state index in [9.17, 15) is 0 Å². The molecule has 0 aliphatic rings. The zero-order chi connectivity index (χ0) is 8.55. The van der Waals surface area contributed by atoms with Gasteiger partial charge in [-0.25, -0.2) is 4.63 Å². The maximum Gasteiger partial charge on any atom is 0.229 e. The van der Waals surface area contributed by atoms with Crippen LogP contribution >= 0.6 is 0 Å². The third kappa shape index (κ3) is 0.761. The van der Waals surface area contributed by atoms with Gasteiger partial charge < -0.3 is 11.6 Å². The van der Waals surface area contributed by atoms with Crippen molar-refractivity contribution in [2.45, 2.75) is 0 Å². The lowest BCUT2D eigenvalue weighted by Gasteiger charge is -1.90. The van der Waals surface area contributed by atoms with E-state index in [0.717, 1.165) is 4.79 Å². The Labute approximate surface area is 65.3 Å². The van der Waals surface area contributed by atoms with E-state index in [1.165, 1.54) is 0 Å². The predicted octanol–water partition coefficient (Wildman–Crippen LogP) is -1.98. The maximum atomic E-state index is 5.37. The normalized spacial score (nSPS) is 10.3. The summed E-state index contributed by atoms with van der Waals surface area (Å²) in [5, 5.41) is 17.0. The fourth-order valence-corrected chi connectivity index (χ4v) is 0.700. The van der Waals surface area contributed by atoms with Gasteiger partial charge in [-0.1, -0.05) is 0 Å². The molecular formula is C3H4N8O. The second kappa shape index (κ2) is 2.15. The van der Waals surface area contributed by atoms with Crippen LogP contribution in [0, 0.1) is 0 Å². The summed E-state index contributed by atoms with van der Waals surface area (Å²) in [5.74, 6) is 5.61. The van der Waals surface area contributed by atoms with Crippen LogP contribution in [0.25, 0.3) is 11.5 Å². The van der Waals surface area contributed by atoms with Crippen LogP contribution in [0.1, 0.15) is 0 Å². The molecule has 0 unspecified atom stereocenters. The fourth-order valence-electron chi connectivity index (χ4n) is 0.700. The van der Waals surface area contributed by atoms with E-state index >= 15 is 0 Å². The topological polar surface area (TPSA) is 135 Å². The van der Waals surface area contributed by atoms with Crippen molar-refractivity contribution in [2.24, 2.45) is 0 Å². The summed E-state index contributed by atoms with van der Waals surface area (Å²) in [7, 11) is 0. The molecule has 4 N–H and O–H groups in total. The summed E-state index contributed by atoms with van der Waals surface area (Å²) in [5.41, 5.74) is 5.59. The summed E-state index contributed by atoms with van der Waals surface area (Å²) in [4.78, 5) is 0.926. The highest BCUT2D eigenvalue weighted by Crippen LogP contribution is 2.16. The number of nitrogens with two attached hydrogens (primary N) is 2. The van der Waals surface area contributed by atoms with Crippen molar-refractivity contribution in [1.29, 1.82) is 0 Å². The van der Waals surface area contributed by atoms with Gasteiger partial charge in [0.15, 0.2) is 11.5 Å². The molecule has 2 rings (SSSR count). The first kappa shape index (κ1) is 6.52. The van der Waals surface area contributed by atoms with Gasteiger partial charge >= 0.3 is 0 Å². The van der Waals surface area contributed by atoms with Crippen LogP contribution < -0.4 is 11.6 Å². The zero-order valence-electron chi connectivity index (χ0n) is 5.75. The molecule has 0 aliphatic carbocycles. The van der Waals surface area contributed by atoms with E-state index in [2.05, 4.69) is 30.5 Å². The number of tetrazole rings is 1. The molecule has 0 saturated heterocycles. The summed E-state index contributed by atoms with van der Waals surface area (Å²) in [6, 6.07) is 0. The standard InChI is InChI=1S/C3H4N8O/c4-2-1(7-12-8-2)3-6-9-10-11(3)5/h5H2,(H2,4,8). The largest absolute Gasteiger partial charge is 0.379 e. The van der Waals surface area contributed by atoms with Crippen molar-refractivity contribution in [2.75, 3.05) is 11.6 Å². The van der Waals surface area contributed by atoms with E-state index < -0.39 is 0 Å². The highest BCUT2D eigenvalue weighted by Gasteiger charge is 2.15. The van der Waals surface area contributed by atoms with Crippen LogP contribution in [0.2, 0.25) is 0 Å². The molecule has 0 saturated carbocycles. The summed E-state index contributed by atoms with van der Waals surface area (Å²) in [6.45, 7) is 0. The Morgan fingerprint density at radius 3 is 2.67 bits per heavy atom. The average Bonchev–Trinajstić information content (AvgIpc) is 2.59. The maximum absolute atomic E-state index is 5.37. The van der Waals surface area contributed by atoms with Crippen molar-refractivity contribution < 1.29 is 4.63 Å². The fraction of sp³-hybridized carbons (Fsp3) is 0. The van der Waals surface area contributed by atoms with Crippen LogP contribution in [0.4, 0.5) is 5.82 Å². The highest BCUT2D eigenvalue weighted by atomic mass is 16.6. The molecule has 9 heteroatoms. The lowest BCUT2D eigenvalue weighted by molar-refractivity contribution is 0.310. The molecule has 2 heterocycles. The monoisotopic (exact) mass is 168 g/mol. The Bertz CT molecular complexity index is 350. The molecule has 0 aliphatic heterocycles. The van der Waals surface area contributed by atoms with Crippen LogP contribution in [0.15, 0.2) is 4.63 Å². The number of aromatic nitrogens is 6. The first-order valence-corrected chi connectivity index (χ1v) is 2.91. The third-order valence-corrected chi connectivity index (χ3v) is 1.22. The summed E-state index contributed by atoms with van der Waals surface area (Å²) in [6.07, 6.45) is 0. The molecule has 0 bridgehead atoms. The Morgan fingerprint density at radius 2 is 2.17 bits per heavy atom. The number of nitrogens with zero attached hydrogens (tertiary/aromatic N) is 6. The molecule has 9 nitrogen and oxygen atoms in total. The van der Waals surface area contributed by atoms with Crippen LogP contribution in [0.3, 0.4) is 0 Å².